The van der Waals surface area contributed by atoms with Gasteiger partial charge in [0.05, 0.1) is 0 Å². The zero-order chi connectivity index (χ0) is 14.1. The van der Waals surface area contributed by atoms with Crippen LogP contribution in [0.1, 0.15) is 42.9 Å². The van der Waals surface area contributed by atoms with Crippen LogP contribution in [0.25, 0.3) is 0 Å². The Balaban J connectivity index is 1.40. The van der Waals surface area contributed by atoms with Gasteiger partial charge >= 0.3 is 0 Å². The molecular weight excluding hydrogens is 260 g/mol. The van der Waals surface area contributed by atoms with E-state index >= 15 is 0 Å². The van der Waals surface area contributed by atoms with Crippen molar-refractivity contribution in [2.75, 3.05) is 5.32 Å². The third kappa shape index (κ3) is 1.67. The standard InChI is InChI=1S/C18H22N2O/c19-18(17-15-10-1-2-11(8-10)16(15)17)12-3-5-13-9(7-12)4-6-14(21)20-13/h3,5,7,10-11,15-18H,1-2,4,6,8,19H2,(H,20,21). The average molecular weight is 282 g/mol. The molecule has 1 aromatic carbocycles. The molecule has 1 heterocycles. The Kier molecular flexibility index (Phi) is 2.38. The molecule has 21 heavy (non-hydrogen) atoms. The highest BCUT2D eigenvalue weighted by Gasteiger charge is 2.66. The van der Waals surface area contributed by atoms with Crippen LogP contribution in [0.2, 0.25) is 0 Å². The van der Waals surface area contributed by atoms with Crippen LogP contribution in [0.5, 0.6) is 0 Å². The number of carbonyl (C=O) groups is 1. The summed E-state index contributed by atoms with van der Waals surface area (Å²) in [6.07, 6.45) is 5.83. The molecule has 4 aliphatic rings. The van der Waals surface area contributed by atoms with Crippen molar-refractivity contribution in [1.82, 2.24) is 0 Å². The Bertz CT molecular complexity index is 610. The van der Waals surface area contributed by atoms with E-state index in [2.05, 4.69) is 17.4 Å². The van der Waals surface area contributed by atoms with E-state index in [1.165, 1.54) is 30.4 Å². The summed E-state index contributed by atoms with van der Waals surface area (Å²) in [5.41, 5.74) is 10.1. The molecule has 1 aromatic rings. The summed E-state index contributed by atoms with van der Waals surface area (Å²) < 4.78 is 0. The number of anilines is 1. The number of carbonyl (C=O) groups excluding carboxylic acids is 1. The molecule has 3 fully saturated rings. The summed E-state index contributed by atoms with van der Waals surface area (Å²) in [7, 11) is 0. The van der Waals surface area contributed by atoms with Crippen LogP contribution in [0, 0.1) is 29.6 Å². The molecule has 3 aliphatic carbocycles. The van der Waals surface area contributed by atoms with Gasteiger partial charge in [0.25, 0.3) is 0 Å². The summed E-state index contributed by atoms with van der Waals surface area (Å²) in [6.45, 7) is 0. The third-order valence-electron chi connectivity index (χ3n) is 6.62. The number of nitrogens with one attached hydrogen (secondary N) is 1. The van der Waals surface area contributed by atoms with Crippen LogP contribution in [0.4, 0.5) is 5.69 Å². The maximum absolute atomic E-state index is 11.4. The second-order valence-corrected chi connectivity index (χ2v) is 7.56. The lowest BCUT2D eigenvalue weighted by atomic mass is 9.91. The molecule has 5 atom stereocenters. The van der Waals surface area contributed by atoms with Crippen molar-refractivity contribution in [3.63, 3.8) is 0 Å². The van der Waals surface area contributed by atoms with Crippen LogP contribution < -0.4 is 11.1 Å². The number of nitrogens with two attached hydrogens (primary N) is 1. The molecule has 110 valence electrons. The van der Waals surface area contributed by atoms with Crippen molar-refractivity contribution in [1.29, 1.82) is 0 Å². The molecule has 0 spiro atoms. The van der Waals surface area contributed by atoms with Gasteiger partial charge < -0.3 is 11.1 Å². The fourth-order valence-corrected chi connectivity index (χ4v) is 5.71. The SMILES string of the molecule is NC(c1ccc2c(c1)CCC(=O)N2)C1C2C3CCC(C3)C21. The maximum atomic E-state index is 11.4. The normalized spacial score (nSPS) is 40.4. The number of rotatable bonds is 2. The Labute approximate surface area is 125 Å². The molecular formula is C18H22N2O. The van der Waals surface area contributed by atoms with E-state index in [9.17, 15) is 4.79 Å². The molecule has 0 saturated heterocycles. The fraction of sp³-hybridized carbons (Fsp3) is 0.611. The summed E-state index contributed by atoms with van der Waals surface area (Å²) in [6, 6.07) is 6.63. The molecule has 3 nitrogen and oxygen atoms in total. The summed E-state index contributed by atoms with van der Waals surface area (Å²) in [5.74, 6) is 4.67. The van der Waals surface area contributed by atoms with Crippen LogP contribution in [0.15, 0.2) is 18.2 Å². The molecule has 2 bridgehead atoms. The van der Waals surface area contributed by atoms with E-state index in [4.69, 9.17) is 5.73 Å². The van der Waals surface area contributed by atoms with Crippen molar-refractivity contribution in [2.45, 2.75) is 38.1 Å². The zero-order valence-electron chi connectivity index (χ0n) is 12.2. The minimum absolute atomic E-state index is 0.132. The van der Waals surface area contributed by atoms with Crippen molar-refractivity contribution >= 4 is 11.6 Å². The van der Waals surface area contributed by atoms with E-state index in [1.807, 2.05) is 6.07 Å². The minimum Gasteiger partial charge on any atom is -0.326 e. The second-order valence-electron chi connectivity index (χ2n) is 7.56. The van der Waals surface area contributed by atoms with Crippen molar-refractivity contribution in [3.05, 3.63) is 29.3 Å². The predicted octanol–water partition coefficient (Wildman–Crippen LogP) is 2.86. The molecule has 3 N–H and O–H groups in total. The monoisotopic (exact) mass is 282 g/mol. The Morgan fingerprint density at radius 2 is 1.90 bits per heavy atom. The fourth-order valence-electron chi connectivity index (χ4n) is 5.71. The van der Waals surface area contributed by atoms with Gasteiger partial charge in [0.15, 0.2) is 0 Å². The summed E-state index contributed by atoms with van der Waals surface area (Å²) in [5, 5.41) is 2.96. The van der Waals surface area contributed by atoms with Crippen LogP contribution >= 0.6 is 0 Å². The van der Waals surface area contributed by atoms with Gasteiger partial charge in [-0.2, -0.15) is 0 Å². The van der Waals surface area contributed by atoms with Crippen molar-refractivity contribution in [3.8, 4) is 0 Å². The van der Waals surface area contributed by atoms with Gasteiger partial charge in [-0.15, -0.1) is 0 Å². The first-order chi connectivity index (χ1) is 10.2. The maximum Gasteiger partial charge on any atom is 0.224 e. The van der Waals surface area contributed by atoms with E-state index in [0.717, 1.165) is 41.7 Å². The number of amides is 1. The van der Waals surface area contributed by atoms with Gasteiger partial charge in [0, 0.05) is 18.2 Å². The third-order valence-corrected chi connectivity index (χ3v) is 6.62. The van der Waals surface area contributed by atoms with Gasteiger partial charge in [-0.05, 0) is 72.5 Å². The molecule has 1 amide bonds. The van der Waals surface area contributed by atoms with Gasteiger partial charge in [-0.25, -0.2) is 0 Å². The first kappa shape index (κ1) is 12.2. The minimum atomic E-state index is 0.132. The number of hydrogen-bond donors (Lipinski definition) is 2. The van der Waals surface area contributed by atoms with Gasteiger partial charge in [-0.3, -0.25) is 4.79 Å². The van der Waals surface area contributed by atoms with Gasteiger partial charge in [0.2, 0.25) is 5.91 Å². The quantitative estimate of drug-likeness (QED) is 0.876. The topological polar surface area (TPSA) is 55.1 Å². The van der Waals surface area contributed by atoms with E-state index in [-0.39, 0.29) is 11.9 Å². The highest BCUT2D eigenvalue weighted by molar-refractivity contribution is 5.93. The molecule has 5 rings (SSSR count). The second kappa shape index (κ2) is 4.10. The lowest BCUT2D eigenvalue weighted by molar-refractivity contribution is -0.116. The molecule has 3 heteroatoms. The lowest BCUT2D eigenvalue weighted by Crippen LogP contribution is -2.21. The number of fused-ring (bicyclic) bond motifs is 6. The smallest absolute Gasteiger partial charge is 0.224 e. The molecule has 5 unspecified atom stereocenters. The van der Waals surface area contributed by atoms with Gasteiger partial charge in [0.1, 0.15) is 0 Å². The van der Waals surface area contributed by atoms with Crippen molar-refractivity contribution in [2.24, 2.45) is 35.3 Å². The summed E-state index contributed by atoms with van der Waals surface area (Å²) in [4.78, 5) is 11.4. The lowest BCUT2D eigenvalue weighted by Gasteiger charge is -2.21. The zero-order valence-corrected chi connectivity index (χ0v) is 12.2. The molecule has 0 radical (unpaired) electrons. The number of benzene rings is 1. The first-order valence-electron chi connectivity index (χ1n) is 8.40. The average Bonchev–Trinajstić information content (AvgIpc) is 2.93. The van der Waals surface area contributed by atoms with Crippen LogP contribution in [-0.2, 0) is 11.2 Å². The highest BCUT2D eigenvalue weighted by Crippen LogP contribution is 2.71. The van der Waals surface area contributed by atoms with E-state index in [0.29, 0.717) is 6.42 Å². The molecule has 0 aromatic heterocycles. The van der Waals surface area contributed by atoms with E-state index < -0.39 is 0 Å². The van der Waals surface area contributed by atoms with E-state index in [1.54, 1.807) is 0 Å². The molecule has 3 saturated carbocycles. The first-order valence-corrected chi connectivity index (χ1v) is 8.40. The predicted molar refractivity (Wildman–Crippen MR) is 81.6 cm³/mol. The Hall–Kier alpha value is -1.35. The Morgan fingerprint density at radius 1 is 1.14 bits per heavy atom. The van der Waals surface area contributed by atoms with Gasteiger partial charge in [-0.1, -0.05) is 12.1 Å². The van der Waals surface area contributed by atoms with Crippen molar-refractivity contribution < 1.29 is 4.79 Å². The Morgan fingerprint density at radius 3 is 2.67 bits per heavy atom. The van der Waals surface area contributed by atoms with Crippen LogP contribution in [-0.4, -0.2) is 5.91 Å². The number of aryl methyl sites for hydroxylation is 1. The van der Waals surface area contributed by atoms with Crippen LogP contribution in [0.3, 0.4) is 0 Å². The molecule has 1 aliphatic heterocycles. The summed E-state index contributed by atoms with van der Waals surface area (Å²) >= 11 is 0. The largest absolute Gasteiger partial charge is 0.326 e. The number of hydrogen-bond acceptors (Lipinski definition) is 2. The highest BCUT2D eigenvalue weighted by atomic mass is 16.1.